The minimum Gasteiger partial charge on any atom is -0.351 e. The zero-order chi connectivity index (χ0) is 19.6. The summed E-state index contributed by atoms with van der Waals surface area (Å²) >= 11 is 7.50. The van der Waals surface area contributed by atoms with Crippen LogP contribution >= 0.6 is 23.4 Å². The molecule has 7 heteroatoms. The maximum atomic E-state index is 12.5. The highest BCUT2D eigenvalue weighted by atomic mass is 35.5. The largest absolute Gasteiger partial charge is 0.351 e. The second-order valence-electron chi connectivity index (χ2n) is 6.01. The Morgan fingerprint density at radius 1 is 1.00 bits per heavy atom. The van der Waals surface area contributed by atoms with Crippen LogP contribution < -0.4 is 15.5 Å². The number of amides is 2. The molecule has 0 saturated carbocycles. The van der Waals surface area contributed by atoms with Crippen molar-refractivity contribution in [2.24, 2.45) is 0 Å². The Kier molecular flexibility index (Phi) is 8.64. The first kappa shape index (κ1) is 21.3. The molecule has 2 aromatic rings. The lowest BCUT2D eigenvalue weighted by Gasteiger charge is -2.17. The van der Waals surface area contributed by atoms with Crippen LogP contribution in [0.15, 0.2) is 58.3 Å². The molecule has 0 saturated heterocycles. The van der Waals surface area contributed by atoms with Crippen molar-refractivity contribution < 1.29 is 14.5 Å². The van der Waals surface area contributed by atoms with Gasteiger partial charge in [-0.2, -0.15) is 0 Å². The molecule has 0 aliphatic rings. The lowest BCUT2D eigenvalue weighted by atomic mass is 10.3. The summed E-state index contributed by atoms with van der Waals surface area (Å²) < 4.78 is 0. The molecular weight excluding hydrogens is 382 g/mol. The predicted octanol–water partition coefficient (Wildman–Crippen LogP) is 2.47. The van der Waals surface area contributed by atoms with Gasteiger partial charge >= 0.3 is 0 Å². The molecule has 1 atom stereocenters. The first-order chi connectivity index (χ1) is 13.0. The summed E-state index contributed by atoms with van der Waals surface area (Å²) in [5.74, 6) is -0.152. The first-order valence-electron chi connectivity index (χ1n) is 8.94. The molecule has 0 bridgehead atoms. The van der Waals surface area contributed by atoms with E-state index in [1.807, 2.05) is 62.4 Å². The van der Waals surface area contributed by atoms with Crippen LogP contribution in [0.4, 0.5) is 5.69 Å². The number of rotatable bonds is 9. The molecule has 144 valence electrons. The average molecular weight is 407 g/mol. The summed E-state index contributed by atoms with van der Waals surface area (Å²) in [5.41, 5.74) is 0.760. The van der Waals surface area contributed by atoms with E-state index in [1.165, 1.54) is 0 Å². The normalized spacial score (nSPS) is 11.7. The van der Waals surface area contributed by atoms with Crippen molar-refractivity contribution >= 4 is 40.9 Å². The van der Waals surface area contributed by atoms with Crippen molar-refractivity contribution in [1.82, 2.24) is 5.32 Å². The van der Waals surface area contributed by atoms with E-state index in [-0.39, 0.29) is 18.4 Å². The number of quaternary nitrogens is 1. The maximum Gasteiger partial charge on any atom is 0.279 e. The van der Waals surface area contributed by atoms with E-state index in [0.717, 1.165) is 20.4 Å². The van der Waals surface area contributed by atoms with Gasteiger partial charge in [-0.05, 0) is 50.2 Å². The zero-order valence-corrected chi connectivity index (χ0v) is 17.1. The minimum atomic E-state index is -0.111. The number of halogens is 1. The van der Waals surface area contributed by atoms with Gasteiger partial charge in [0.2, 0.25) is 0 Å². The third-order valence-corrected chi connectivity index (χ3v) is 5.23. The Morgan fingerprint density at radius 3 is 2.33 bits per heavy atom. The van der Waals surface area contributed by atoms with Crippen molar-refractivity contribution in [3.05, 3.63) is 53.6 Å². The van der Waals surface area contributed by atoms with Gasteiger partial charge in [0.25, 0.3) is 11.8 Å². The van der Waals surface area contributed by atoms with Crippen LogP contribution in [0.3, 0.4) is 0 Å². The van der Waals surface area contributed by atoms with Gasteiger partial charge in [0.15, 0.2) is 13.1 Å². The quantitative estimate of drug-likeness (QED) is 0.599. The van der Waals surface area contributed by atoms with Crippen molar-refractivity contribution in [2.75, 3.05) is 31.5 Å². The molecule has 3 N–H and O–H groups in total. The molecule has 0 radical (unpaired) electrons. The molecule has 0 spiro atoms. The fourth-order valence-electron chi connectivity index (χ4n) is 2.51. The number of para-hydroxylation sites is 1. The standard InChI is InChI=1S/C20H24ClN3O2S/c1-3-22-19(25)13-24(4-2)14-20(26)23-17-7-5-6-8-18(17)27-16-11-9-15(21)10-12-16/h5-12H,3-4,13-14H2,1-2H3,(H,22,25)(H,23,26)/p+1. The van der Waals surface area contributed by atoms with E-state index in [4.69, 9.17) is 11.6 Å². The van der Waals surface area contributed by atoms with Crippen molar-refractivity contribution in [2.45, 2.75) is 23.6 Å². The molecule has 0 aromatic heterocycles. The number of nitrogens with one attached hydrogen (secondary N) is 3. The highest BCUT2D eigenvalue weighted by Gasteiger charge is 2.17. The molecule has 1 unspecified atom stereocenters. The zero-order valence-electron chi connectivity index (χ0n) is 15.5. The van der Waals surface area contributed by atoms with Gasteiger partial charge in [-0.25, -0.2) is 0 Å². The van der Waals surface area contributed by atoms with Crippen LogP contribution in [-0.4, -0.2) is 38.0 Å². The van der Waals surface area contributed by atoms with E-state index in [2.05, 4.69) is 10.6 Å². The van der Waals surface area contributed by atoms with Gasteiger partial charge in [-0.1, -0.05) is 35.5 Å². The van der Waals surface area contributed by atoms with Gasteiger partial charge in [0.1, 0.15) is 0 Å². The Morgan fingerprint density at radius 2 is 1.67 bits per heavy atom. The van der Waals surface area contributed by atoms with Crippen molar-refractivity contribution in [3.63, 3.8) is 0 Å². The van der Waals surface area contributed by atoms with E-state index in [0.29, 0.717) is 24.7 Å². The van der Waals surface area contributed by atoms with Gasteiger partial charge in [0.05, 0.1) is 12.2 Å². The summed E-state index contributed by atoms with van der Waals surface area (Å²) in [6.45, 7) is 5.67. The van der Waals surface area contributed by atoms with Crippen LogP contribution in [0.1, 0.15) is 13.8 Å². The number of hydrogen-bond acceptors (Lipinski definition) is 3. The molecule has 0 fully saturated rings. The number of likely N-dealkylation sites (N-methyl/N-ethyl adjacent to an activating group) is 2. The molecule has 27 heavy (non-hydrogen) atoms. The number of hydrogen-bond donors (Lipinski definition) is 3. The fraction of sp³-hybridized carbons (Fsp3) is 0.300. The van der Waals surface area contributed by atoms with Crippen LogP contribution in [0.2, 0.25) is 5.02 Å². The van der Waals surface area contributed by atoms with Gasteiger partial charge in [-0.3, -0.25) is 9.59 Å². The first-order valence-corrected chi connectivity index (χ1v) is 10.1. The summed E-state index contributed by atoms with van der Waals surface area (Å²) in [4.78, 5) is 27.1. The Balaban J connectivity index is 2.00. The molecule has 0 aliphatic heterocycles. The predicted molar refractivity (Wildman–Crippen MR) is 111 cm³/mol. The van der Waals surface area contributed by atoms with Crippen LogP contribution in [0.5, 0.6) is 0 Å². The Bertz CT molecular complexity index is 768. The molecule has 2 rings (SSSR count). The highest BCUT2D eigenvalue weighted by molar-refractivity contribution is 7.99. The summed E-state index contributed by atoms with van der Waals surface area (Å²) in [7, 11) is 0. The fourth-order valence-corrected chi connectivity index (χ4v) is 3.54. The van der Waals surface area contributed by atoms with E-state index in [9.17, 15) is 9.59 Å². The third kappa shape index (κ3) is 7.25. The number of carbonyl (C=O) groups is 2. The Hall–Kier alpha value is -2.02. The second-order valence-corrected chi connectivity index (χ2v) is 7.56. The SMILES string of the molecule is CCNC(=O)C[NH+](CC)CC(=O)Nc1ccccc1Sc1ccc(Cl)cc1. The van der Waals surface area contributed by atoms with E-state index < -0.39 is 0 Å². The molecule has 0 heterocycles. The summed E-state index contributed by atoms with van der Waals surface area (Å²) in [5, 5.41) is 6.43. The maximum absolute atomic E-state index is 12.5. The molecule has 2 aromatic carbocycles. The summed E-state index contributed by atoms with van der Waals surface area (Å²) in [6, 6.07) is 15.2. The molecule has 2 amide bonds. The third-order valence-electron chi connectivity index (χ3n) is 3.90. The van der Waals surface area contributed by atoms with Crippen molar-refractivity contribution in [3.8, 4) is 0 Å². The second kappa shape index (κ2) is 11.0. The van der Waals surface area contributed by atoms with Crippen LogP contribution in [-0.2, 0) is 9.59 Å². The lowest BCUT2D eigenvalue weighted by molar-refractivity contribution is -0.881. The van der Waals surface area contributed by atoms with Gasteiger partial charge in [-0.15, -0.1) is 0 Å². The van der Waals surface area contributed by atoms with Gasteiger partial charge < -0.3 is 15.5 Å². The van der Waals surface area contributed by atoms with Crippen molar-refractivity contribution in [1.29, 1.82) is 0 Å². The topological polar surface area (TPSA) is 62.6 Å². The van der Waals surface area contributed by atoms with E-state index in [1.54, 1.807) is 11.8 Å². The number of benzene rings is 2. The molecule has 0 aliphatic carbocycles. The lowest BCUT2D eigenvalue weighted by Crippen LogP contribution is -3.14. The number of anilines is 1. The smallest absolute Gasteiger partial charge is 0.279 e. The minimum absolute atomic E-state index is 0.0409. The summed E-state index contributed by atoms with van der Waals surface area (Å²) in [6.07, 6.45) is 0. The average Bonchev–Trinajstić information content (AvgIpc) is 2.64. The highest BCUT2D eigenvalue weighted by Crippen LogP contribution is 2.33. The Labute approximate surface area is 169 Å². The monoisotopic (exact) mass is 406 g/mol. The molecule has 5 nitrogen and oxygen atoms in total. The van der Waals surface area contributed by atoms with Gasteiger partial charge in [0, 0.05) is 21.4 Å². The molecular formula is C20H25ClN3O2S+. The number of carbonyl (C=O) groups excluding carboxylic acids is 2. The van der Waals surface area contributed by atoms with Crippen LogP contribution in [0.25, 0.3) is 0 Å². The van der Waals surface area contributed by atoms with Crippen LogP contribution in [0, 0.1) is 0 Å². The van der Waals surface area contributed by atoms with E-state index >= 15 is 0 Å².